The predicted octanol–water partition coefficient (Wildman–Crippen LogP) is 2.52. The maximum Gasteiger partial charge on any atom is 0.119 e. The Balaban J connectivity index is 1.73. The van der Waals surface area contributed by atoms with Gasteiger partial charge in [-0.3, -0.25) is 0 Å². The van der Waals surface area contributed by atoms with Crippen molar-refractivity contribution in [2.45, 2.75) is 31.7 Å². The van der Waals surface area contributed by atoms with Gasteiger partial charge in [0.05, 0.1) is 6.61 Å². The number of anilines is 1. The molecule has 1 aliphatic rings. The van der Waals surface area contributed by atoms with Crippen molar-refractivity contribution >= 4 is 5.69 Å². The number of nitrogen functional groups attached to an aromatic ring is 1. The molecule has 17 heavy (non-hydrogen) atoms. The van der Waals surface area contributed by atoms with Crippen molar-refractivity contribution in [2.24, 2.45) is 0 Å². The lowest BCUT2D eigenvalue weighted by molar-refractivity contribution is 0.153. The van der Waals surface area contributed by atoms with Crippen LogP contribution in [0.3, 0.4) is 0 Å². The zero-order chi connectivity index (χ0) is 12.1. The summed E-state index contributed by atoms with van der Waals surface area (Å²) < 4.78 is 5.73. The fourth-order valence-corrected chi connectivity index (χ4v) is 2.39. The first-order valence-corrected chi connectivity index (χ1v) is 6.44. The van der Waals surface area contributed by atoms with Crippen molar-refractivity contribution in [3.63, 3.8) is 0 Å². The second kappa shape index (κ2) is 5.92. The van der Waals surface area contributed by atoms with E-state index < -0.39 is 0 Å². The molecule has 1 aromatic rings. The molecule has 1 unspecified atom stereocenters. The number of rotatable bonds is 4. The molecule has 94 valence electrons. The molecule has 0 radical (unpaired) electrons. The van der Waals surface area contributed by atoms with Gasteiger partial charge < -0.3 is 15.4 Å². The summed E-state index contributed by atoms with van der Waals surface area (Å²) in [5.41, 5.74) is 6.41. The first-order chi connectivity index (χ1) is 8.25. The van der Waals surface area contributed by atoms with E-state index in [9.17, 15) is 0 Å². The molecule has 2 rings (SSSR count). The predicted molar refractivity (Wildman–Crippen MR) is 71.2 cm³/mol. The largest absolute Gasteiger partial charge is 0.494 e. The zero-order valence-electron chi connectivity index (χ0n) is 10.6. The lowest BCUT2D eigenvalue weighted by atomic mass is 10.0. The number of nitrogens with zero attached hydrogens (tertiary/aromatic N) is 1. The smallest absolute Gasteiger partial charge is 0.119 e. The molecule has 1 fully saturated rings. The quantitative estimate of drug-likeness (QED) is 0.814. The third-order valence-corrected chi connectivity index (χ3v) is 3.52. The van der Waals surface area contributed by atoms with Crippen molar-refractivity contribution in [3.05, 3.63) is 24.3 Å². The molecule has 1 aromatic carbocycles. The summed E-state index contributed by atoms with van der Waals surface area (Å²) in [5, 5.41) is 0. The number of nitrogens with two attached hydrogens (primary N) is 1. The van der Waals surface area contributed by atoms with Gasteiger partial charge in [0.2, 0.25) is 0 Å². The van der Waals surface area contributed by atoms with E-state index in [0.29, 0.717) is 6.04 Å². The molecule has 3 heteroatoms. The molecule has 0 aromatic heterocycles. The molecule has 1 aliphatic heterocycles. The molecule has 2 N–H and O–H groups in total. The van der Waals surface area contributed by atoms with Crippen molar-refractivity contribution in [2.75, 3.05) is 25.9 Å². The summed E-state index contributed by atoms with van der Waals surface area (Å²) in [6, 6.07) is 8.31. The average molecular weight is 234 g/mol. The van der Waals surface area contributed by atoms with Gasteiger partial charge in [-0.1, -0.05) is 6.42 Å². The maximum absolute atomic E-state index is 5.73. The van der Waals surface area contributed by atoms with Gasteiger partial charge in [0.25, 0.3) is 0 Å². The zero-order valence-corrected chi connectivity index (χ0v) is 10.6. The van der Waals surface area contributed by atoms with Crippen LogP contribution in [0.1, 0.15) is 25.7 Å². The number of likely N-dealkylation sites (tertiary alicyclic amines) is 1. The van der Waals surface area contributed by atoms with Crippen LogP contribution in [-0.2, 0) is 0 Å². The Bertz CT molecular complexity index is 337. The molecule has 0 amide bonds. The third kappa shape index (κ3) is 3.63. The Morgan fingerprint density at radius 1 is 1.29 bits per heavy atom. The van der Waals surface area contributed by atoms with Gasteiger partial charge >= 0.3 is 0 Å². The van der Waals surface area contributed by atoms with E-state index in [1.165, 1.54) is 25.8 Å². The summed E-state index contributed by atoms with van der Waals surface area (Å²) in [5.74, 6) is 0.915. The van der Waals surface area contributed by atoms with E-state index in [4.69, 9.17) is 10.5 Å². The summed E-state index contributed by atoms with van der Waals surface area (Å²) in [6.07, 6.45) is 5.12. The molecule has 1 heterocycles. The van der Waals surface area contributed by atoms with E-state index >= 15 is 0 Å². The van der Waals surface area contributed by atoms with Crippen LogP contribution in [-0.4, -0.2) is 31.1 Å². The summed E-state index contributed by atoms with van der Waals surface area (Å²) >= 11 is 0. The number of hydrogen-bond acceptors (Lipinski definition) is 3. The highest BCUT2D eigenvalue weighted by Crippen LogP contribution is 2.19. The fourth-order valence-electron chi connectivity index (χ4n) is 2.39. The number of hydrogen-bond donors (Lipinski definition) is 1. The van der Waals surface area contributed by atoms with Crippen LogP contribution in [0, 0.1) is 0 Å². The SMILES string of the molecule is CN1CCCCC1CCOc1ccc(N)cc1. The Morgan fingerprint density at radius 3 is 2.76 bits per heavy atom. The molecular weight excluding hydrogens is 212 g/mol. The Hall–Kier alpha value is -1.22. The van der Waals surface area contributed by atoms with Gasteiger partial charge in [-0.15, -0.1) is 0 Å². The van der Waals surface area contributed by atoms with Gasteiger partial charge in [-0.05, 0) is 57.1 Å². The van der Waals surface area contributed by atoms with Crippen LogP contribution in [0.4, 0.5) is 5.69 Å². The van der Waals surface area contributed by atoms with Crippen LogP contribution >= 0.6 is 0 Å². The fraction of sp³-hybridized carbons (Fsp3) is 0.571. The molecule has 0 saturated carbocycles. The first kappa shape index (κ1) is 12.2. The van der Waals surface area contributed by atoms with Crippen molar-refractivity contribution in [1.82, 2.24) is 4.90 Å². The summed E-state index contributed by atoms with van der Waals surface area (Å²) in [6.45, 7) is 2.02. The van der Waals surface area contributed by atoms with Crippen LogP contribution in [0.25, 0.3) is 0 Å². The van der Waals surface area contributed by atoms with E-state index in [2.05, 4.69) is 11.9 Å². The lowest BCUT2D eigenvalue weighted by Gasteiger charge is -2.32. The molecule has 3 nitrogen and oxygen atoms in total. The second-order valence-electron chi connectivity index (χ2n) is 4.84. The Kier molecular flexibility index (Phi) is 4.26. The average Bonchev–Trinajstić information content (AvgIpc) is 2.34. The number of piperidine rings is 1. The minimum absolute atomic E-state index is 0.692. The van der Waals surface area contributed by atoms with Gasteiger partial charge in [0.1, 0.15) is 5.75 Å². The van der Waals surface area contributed by atoms with E-state index in [1.54, 1.807) is 0 Å². The van der Waals surface area contributed by atoms with Gasteiger partial charge in [0.15, 0.2) is 0 Å². The van der Waals surface area contributed by atoms with Crippen LogP contribution in [0.15, 0.2) is 24.3 Å². The van der Waals surface area contributed by atoms with Crippen molar-refractivity contribution < 1.29 is 4.74 Å². The van der Waals surface area contributed by atoms with E-state index in [0.717, 1.165) is 24.5 Å². The van der Waals surface area contributed by atoms with E-state index in [1.807, 2.05) is 24.3 Å². The van der Waals surface area contributed by atoms with Crippen LogP contribution < -0.4 is 10.5 Å². The minimum Gasteiger partial charge on any atom is -0.494 e. The Morgan fingerprint density at radius 2 is 2.06 bits per heavy atom. The molecule has 0 spiro atoms. The second-order valence-corrected chi connectivity index (χ2v) is 4.84. The van der Waals surface area contributed by atoms with Gasteiger partial charge in [0, 0.05) is 11.7 Å². The Labute approximate surface area is 104 Å². The standard InChI is InChI=1S/C14H22N2O/c1-16-10-3-2-4-13(16)9-11-17-14-7-5-12(15)6-8-14/h5-8,13H,2-4,9-11,15H2,1H3. The highest BCUT2D eigenvalue weighted by atomic mass is 16.5. The number of benzene rings is 1. The van der Waals surface area contributed by atoms with Crippen molar-refractivity contribution in [1.29, 1.82) is 0 Å². The summed E-state index contributed by atoms with van der Waals surface area (Å²) in [4.78, 5) is 2.45. The van der Waals surface area contributed by atoms with Crippen LogP contribution in [0.2, 0.25) is 0 Å². The number of ether oxygens (including phenoxy) is 1. The van der Waals surface area contributed by atoms with Crippen LogP contribution in [0.5, 0.6) is 5.75 Å². The molecule has 0 bridgehead atoms. The highest BCUT2D eigenvalue weighted by Gasteiger charge is 2.18. The monoisotopic (exact) mass is 234 g/mol. The molecule has 1 saturated heterocycles. The third-order valence-electron chi connectivity index (χ3n) is 3.52. The van der Waals surface area contributed by atoms with Gasteiger partial charge in [-0.2, -0.15) is 0 Å². The normalized spacial score (nSPS) is 21.4. The topological polar surface area (TPSA) is 38.5 Å². The minimum atomic E-state index is 0.692. The highest BCUT2D eigenvalue weighted by molar-refractivity contribution is 5.41. The maximum atomic E-state index is 5.73. The van der Waals surface area contributed by atoms with Gasteiger partial charge in [-0.25, -0.2) is 0 Å². The first-order valence-electron chi connectivity index (χ1n) is 6.44. The van der Waals surface area contributed by atoms with E-state index in [-0.39, 0.29) is 0 Å². The van der Waals surface area contributed by atoms with Crippen molar-refractivity contribution in [3.8, 4) is 5.75 Å². The lowest BCUT2D eigenvalue weighted by Crippen LogP contribution is -2.37. The molecule has 1 atom stereocenters. The molecule has 0 aliphatic carbocycles. The summed E-state index contributed by atoms with van der Waals surface area (Å²) in [7, 11) is 2.22. The molecular formula is C14H22N2O.